The van der Waals surface area contributed by atoms with Gasteiger partial charge in [-0.3, -0.25) is 0 Å². The maximum Gasteiger partial charge on any atom is 1.00 e. The van der Waals surface area contributed by atoms with Crippen LogP contribution in [0.2, 0.25) is 0 Å². The van der Waals surface area contributed by atoms with E-state index in [0.29, 0.717) is 0 Å². The molecule has 0 N–H and O–H groups in total. The van der Waals surface area contributed by atoms with Crippen molar-refractivity contribution in [3.05, 3.63) is 54.1 Å². The van der Waals surface area contributed by atoms with Crippen LogP contribution in [0, 0.1) is 6.92 Å². The first-order valence-corrected chi connectivity index (χ1v) is 6.51. The van der Waals surface area contributed by atoms with Crippen LogP contribution in [0.4, 0.5) is 0 Å². The van der Waals surface area contributed by atoms with E-state index in [1.165, 1.54) is 12.1 Å². The van der Waals surface area contributed by atoms with E-state index in [1.54, 1.807) is 12.1 Å². The van der Waals surface area contributed by atoms with Crippen LogP contribution >= 0.6 is 0 Å². The molecule has 2 rings (SSSR count). The molecule has 0 spiro atoms. The van der Waals surface area contributed by atoms with Gasteiger partial charge in [-0.25, -0.2) is 8.42 Å². The van der Waals surface area contributed by atoms with Crippen molar-refractivity contribution in [2.75, 3.05) is 0 Å². The molecule has 5 heteroatoms. The number of hydrogen-bond donors (Lipinski definition) is 0. The van der Waals surface area contributed by atoms with Gasteiger partial charge in [0.1, 0.15) is 10.1 Å². The zero-order valence-electron chi connectivity index (χ0n) is 10.3. The summed E-state index contributed by atoms with van der Waals surface area (Å²) in [7, 11) is -4.40. The number of hydrogen-bond acceptors (Lipinski definition) is 3. The average Bonchev–Trinajstić information content (AvgIpc) is 2.29. The Labute approximate surface area is 129 Å². The van der Waals surface area contributed by atoms with Crippen molar-refractivity contribution < 1.29 is 42.5 Å². The van der Waals surface area contributed by atoms with Gasteiger partial charge in [-0.05, 0) is 35.7 Å². The van der Waals surface area contributed by atoms with Crippen molar-refractivity contribution in [3.63, 3.8) is 0 Å². The van der Waals surface area contributed by atoms with Crippen LogP contribution in [0.5, 0.6) is 0 Å². The first-order valence-electron chi connectivity index (χ1n) is 5.10. The van der Waals surface area contributed by atoms with Crippen LogP contribution in [0.25, 0.3) is 11.1 Å². The van der Waals surface area contributed by atoms with Gasteiger partial charge in [0.15, 0.2) is 0 Å². The Hall–Kier alpha value is -0.650. The molecule has 3 nitrogen and oxygen atoms in total. The summed E-state index contributed by atoms with van der Waals surface area (Å²) >= 11 is 0. The zero-order chi connectivity index (χ0) is 12.5. The van der Waals surface area contributed by atoms with E-state index in [4.69, 9.17) is 0 Å². The molecule has 0 unspecified atom stereocenters. The molecule has 0 aromatic heterocycles. The van der Waals surface area contributed by atoms with Crippen molar-refractivity contribution in [1.29, 1.82) is 0 Å². The first kappa shape index (κ1) is 15.4. The average molecular weight is 270 g/mol. The minimum absolute atomic E-state index is 0. The minimum Gasteiger partial charge on any atom is -0.744 e. The molecule has 0 radical (unpaired) electrons. The summed E-state index contributed by atoms with van der Waals surface area (Å²) < 4.78 is 32.8. The molecule has 2 aromatic carbocycles. The second-order valence-electron chi connectivity index (χ2n) is 3.80. The Morgan fingerprint density at radius 3 is 2.28 bits per heavy atom. The molecule has 2 aromatic rings. The molecule has 0 aliphatic carbocycles. The van der Waals surface area contributed by atoms with Crippen molar-refractivity contribution in [1.82, 2.24) is 0 Å². The van der Waals surface area contributed by atoms with E-state index in [1.807, 2.05) is 31.2 Å². The fourth-order valence-electron chi connectivity index (χ4n) is 1.72. The SMILES string of the molecule is Cc1ccccc1-c1cccc(S(=O)(=O)[O-])c1.[Na+]. The monoisotopic (exact) mass is 270 g/mol. The summed E-state index contributed by atoms with van der Waals surface area (Å²) in [4.78, 5) is -0.196. The van der Waals surface area contributed by atoms with E-state index in [-0.39, 0.29) is 34.5 Å². The van der Waals surface area contributed by atoms with E-state index in [2.05, 4.69) is 0 Å². The van der Waals surface area contributed by atoms with Gasteiger partial charge in [0.25, 0.3) is 0 Å². The van der Waals surface area contributed by atoms with E-state index >= 15 is 0 Å². The van der Waals surface area contributed by atoms with Crippen LogP contribution < -0.4 is 29.6 Å². The smallest absolute Gasteiger partial charge is 0.744 e. The Morgan fingerprint density at radius 1 is 1.00 bits per heavy atom. The van der Waals surface area contributed by atoms with Crippen molar-refractivity contribution in [2.45, 2.75) is 11.8 Å². The van der Waals surface area contributed by atoms with Gasteiger partial charge in [-0.1, -0.05) is 36.4 Å². The molecule has 0 amide bonds. The van der Waals surface area contributed by atoms with Crippen LogP contribution in [0.3, 0.4) is 0 Å². The number of rotatable bonds is 2. The maximum absolute atomic E-state index is 10.9. The largest absolute Gasteiger partial charge is 1.00 e. The van der Waals surface area contributed by atoms with Crippen LogP contribution in [0.1, 0.15) is 5.56 Å². The van der Waals surface area contributed by atoms with Crippen molar-refractivity contribution in [2.24, 2.45) is 0 Å². The minimum atomic E-state index is -4.40. The second-order valence-corrected chi connectivity index (χ2v) is 5.18. The fourth-order valence-corrected chi connectivity index (χ4v) is 2.23. The Morgan fingerprint density at radius 2 is 1.67 bits per heavy atom. The Kier molecular flexibility index (Phi) is 5.13. The molecule has 0 fully saturated rings. The van der Waals surface area contributed by atoms with Crippen LogP contribution in [-0.2, 0) is 10.1 Å². The summed E-state index contributed by atoms with van der Waals surface area (Å²) in [6.45, 7) is 1.94. The zero-order valence-corrected chi connectivity index (χ0v) is 13.1. The summed E-state index contributed by atoms with van der Waals surface area (Å²) in [6.07, 6.45) is 0. The quantitative estimate of drug-likeness (QED) is 0.549. The molecular formula is C13H11NaO3S. The maximum atomic E-state index is 10.9. The molecule has 0 aliphatic rings. The van der Waals surface area contributed by atoms with E-state index < -0.39 is 10.1 Å². The fraction of sp³-hybridized carbons (Fsp3) is 0.0769. The van der Waals surface area contributed by atoms with Gasteiger partial charge >= 0.3 is 29.6 Å². The van der Waals surface area contributed by atoms with Gasteiger partial charge in [0.2, 0.25) is 0 Å². The molecule has 18 heavy (non-hydrogen) atoms. The number of aryl methyl sites for hydroxylation is 1. The summed E-state index contributed by atoms with van der Waals surface area (Å²) in [6, 6.07) is 13.7. The van der Waals surface area contributed by atoms with Gasteiger partial charge in [0, 0.05) is 0 Å². The predicted octanol–water partition coefficient (Wildman–Crippen LogP) is -0.430. The topological polar surface area (TPSA) is 57.2 Å². The summed E-state index contributed by atoms with van der Waals surface area (Å²) in [5, 5.41) is 0. The van der Waals surface area contributed by atoms with Gasteiger partial charge in [-0.15, -0.1) is 0 Å². The van der Waals surface area contributed by atoms with E-state index in [0.717, 1.165) is 16.7 Å². The molecule has 88 valence electrons. The van der Waals surface area contributed by atoms with Crippen molar-refractivity contribution in [3.8, 4) is 11.1 Å². The molecule has 0 saturated heterocycles. The molecule has 0 saturated carbocycles. The van der Waals surface area contributed by atoms with Gasteiger partial charge in [0.05, 0.1) is 4.90 Å². The third-order valence-electron chi connectivity index (χ3n) is 2.58. The third kappa shape index (κ3) is 3.43. The Balaban J connectivity index is 0.00000162. The molecular weight excluding hydrogens is 259 g/mol. The van der Waals surface area contributed by atoms with Crippen molar-refractivity contribution >= 4 is 10.1 Å². The third-order valence-corrected chi connectivity index (χ3v) is 3.41. The number of benzene rings is 2. The molecule has 0 aliphatic heterocycles. The normalized spacial score (nSPS) is 10.8. The second kappa shape index (κ2) is 5.99. The molecule has 0 heterocycles. The van der Waals surface area contributed by atoms with Gasteiger partial charge < -0.3 is 4.55 Å². The van der Waals surface area contributed by atoms with Crippen LogP contribution in [-0.4, -0.2) is 13.0 Å². The summed E-state index contributed by atoms with van der Waals surface area (Å²) in [5.41, 5.74) is 2.70. The van der Waals surface area contributed by atoms with Crippen LogP contribution in [0.15, 0.2) is 53.4 Å². The first-order chi connectivity index (χ1) is 7.98. The summed E-state index contributed by atoms with van der Waals surface area (Å²) in [5.74, 6) is 0. The predicted molar refractivity (Wildman–Crippen MR) is 64.6 cm³/mol. The molecule has 0 atom stereocenters. The molecule has 0 bridgehead atoms. The Bertz CT molecular complexity index is 651. The van der Waals surface area contributed by atoms with Gasteiger partial charge in [-0.2, -0.15) is 0 Å². The standard InChI is InChI=1S/C13H12O3S.Na/c1-10-5-2-3-8-13(10)11-6-4-7-12(9-11)17(14,15)16;/h2-9H,1H3,(H,14,15,16);/q;+1/p-1. The van der Waals surface area contributed by atoms with E-state index in [9.17, 15) is 13.0 Å².